The molecule has 1 aromatic carbocycles. The van der Waals surface area contributed by atoms with Crippen LogP contribution in [0.15, 0.2) is 36.9 Å². The Hall–Kier alpha value is -2.25. The fourth-order valence-corrected chi connectivity index (χ4v) is 2.93. The molecule has 2 aromatic heterocycles. The SMILES string of the molecule is Cn1cnc2cc(CN[C@H]3COC[C@H]3n3ccnn3)ccc21. The van der Waals surface area contributed by atoms with Gasteiger partial charge in [0.1, 0.15) is 0 Å². The molecule has 0 aliphatic carbocycles. The molecule has 0 radical (unpaired) electrons. The molecule has 3 heterocycles. The summed E-state index contributed by atoms with van der Waals surface area (Å²) in [6.45, 7) is 2.14. The first kappa shape index (κ1) is 13.4. The summed E-state index contributed by atoms with van der Waals surface area (Å²) in [7, 11) is 2.01. The van der Waals surface area contributed by atoms with Crippen LogP contribution in [0.3, 0.4) is 0 Å². The minimum Gasteiger partial charge on any atom is -0.377 e. The van der Waals surface area contributed by atoms with E-state index < -0.39 is 0 Å². The lowest BCUT2D eigenvalue weighted by molar-refractivity contribution is 0.181. The van der Waals surface area contributed by atoms with Crippen molar-refractivity contribution in [2.24, 2.45) is 7.05 Å². The average Bonchev–Trinajstić information content (AvgIpc) is 3.25. The molecule has 4 rings (SSSR count). The van der Waals surface area contributed by atoms with E-state index in [1.807, 2.05) is 28.8 Å². The summed E-state index contributed by atoms with van der Waals surface area (Å²) >= 11 is 0. The third-order valence-electron chi connectivity index (χ3n) is 4.19. The van der Waals surface area contributed by atoms with E-state index >= 15 is 0 Å². The molecule has 7 nitrogen and oxygen atoms in total. The van der Waals surface area contributed by atoms with Gasteiger partial charge in [-0.1, -0.05) is 11.3 Å². The van der Waals surface area contributed by atoms with Gasteiger partial charge in [0.25, 0.3) is 0 Å². The van der Waals surface area contributed by atoms with Gasteiger partial charge in [0, 0.05) is 19.8 Å². The van der Waals surface area contributed by atoms with Gasteiger partial charge in [-0.05, 0) is 17.7 Å². The van der Waals surface area contributed by atoms with Crippen LogP contribution in [0.1, 0.15) is 11.6 Å². The van der Waals surface area contributed by atoms with Crippen LogP contribution in [0.2, 0.25) is 0 Å². The highest BCUT2D eigenvalue weighted by molar-refractivity contribution is 5.75. The number of aromatic nitrogens is 5. The molecule has 0 saturated carbocycles. The molecular weight excluding hydrogens is 280 g/mol. The maximum atomic E-state index is 5.59. The number of aryl methyl sites for hydroxylation is 1. The van der Waals surface area contributed by atoms with Crippen LogP contribution < -0.4 is 5.32 Å². The van der Waals surface area contributed by atoms with Gasteiger partial charge < -0.3 is 14.6 Å². The summed E-state index contributed by atoms with van der Waals surface area (Å²) in [4.78, 5) is 4.40. The number of nitrogens with zero attached hydrogens (tertiary/aromatic N) is 5. The number of hydrogen-bond acceptors (Lipinski definition) is 5. The number of imidazole rings is 1. The van der Waals surface area contributed by atoms with E-state index in [0.29, 0.717) is 13.2 Å². The Morgan fingerprint density at radius 1 is 1.36 bits per heavy atom. The molecule has 7 heteroatoms. The normalized spacial score (nSPS) is 21.7. The maximum absolute atomic E-state index is 5.59. The fourth-order valence-electron chi connectivity index (χ4n) is 2.93. The first-order valence-electron chi connectivity index (χ1n) is 7.38. The maximum Gasteiger partial charge on any atom is 0.0955 e. The van der Waals surface area contributed by atoms with E-state index in [-0.39, 0.29) is 12.1 Å². The minimum absolute atomic E-state index is 0.195. The second-order valence-corrected chi connectivity index (χ2v) is 5.65. The number of rotatable bonds is 4. The van der Waals surface area contributed by atoms with Crippen LogP contribution in [-0.2, 0) is 18.3 Å². The Bertz CT molecular complexity index is 766. The standard InChI is InChI=1S/C15H18N6O/c1-20-10-17-12-6-11(2-3-14(12)20)7-16-13-8-22-9-15(13)21-5-4-18-19-21/h2-6,10,13,15-16H,7-9H2,1H3/t13-,15+/m0/s1. The molecule has 1 saturated heterocycles. The number of nitrogens with one attached hydrogen (secondary N) is 1. The van der Waals surface area contributed by atoms with E-state index in [1.54, 1.807) is 6.20 Å². The Labute approximate surface area is 127 Å². The van der Waals surface area contributed by atoms with Crippen LogP contribution in [0, 0.1) is 0 Å². The van der Waals surface area contributed by atoms with Crippen molar-refractivity contribution in [1.29, 1.82) is 0 Å². The van der Waals surface area contributed by atoms with Crippen molar-refractivity contribution >= 4 is 11.0 Å². The highest BCUT2D eigenvalue weighted by Crippen LogP contribution is 2.19. The monoisotopic (exact) mass is 298 g/mol. The van der Waals surface area contributed by atoms with Gasteiger partial charge in [0.2, 0.25) is 0 Å². The van der Waals surface area contributed by atoms with E-state index in [1.165, 1.54) is 5.56 Å². The lowest BCUT2D eigenvalue weighted by Gasteiger charge is -2.19. The molecule has 1 fully saturated rings. The van der Waals surface area contributed by atoms with Gasteiger partial charge in [0.05, 0.1) is 48.9 Å². The van der Waals surface area contributed by atoms with Crippen molar-refractivity contribution in [3.8, 4) is 0 Å². The molecule has 0 unspecified atom stereocenters. The van der Waals surface area contributed by atoms with Crippen molar-refractivity contribution in [2.45, 2.75) is 18.6 Å². The fraction of sp³-hybridized carbons (Fsp3) is 0.400. The predicted octanol–water partition coefficient (Wildman–Crippen LogP) is 0.894. The Morgan fingerprint density at radius 2 is 2.32 bits per heavy atom. The lowest BCUT2D eigenvalue weighted by atomic mass is 10.1. The second kappa shape index (κ2) is 5.51. The lowest BCUT2D eigenvalue weighted by Crippen LogP contribution is -2.36. The van der Waals surface area contributed by atoms with E-state index in [0.717, 1.165) is 17.6 Å². The molecule has 1 N–H and O–H groups in total. The predicted molar refractivity (Wildman–Crippen MR) is 81.2 cm³/mol. The zero-order valence-electron chi connectivity index (χ0n) is 12.4. The Morgan fingerprint density at radius 3 is 3.18 bits per heavy atom. The highest BCUT2D eigenvalue weighted by Gasteiger charge is 2.29. The van der Waals surface area contributed by atoms with Crippen molar-refractivity contribution in [1.82, 2.24) is 29.9 Å². The number of benzene rings is 1. The van der Waals surface area contributed by atoms with Crippen molar-refractivity contribution in [3.63, 3.8) is 0 Å². The summed E-state index contributed by atoms with van der Waals surface area (Å²) in [6.07, 6.45) is 5.42. The van der Waals surface area contributed by atoms with Crippen LogP contribution in [0.25, 0.3) is 11.0 Å². The van der Waals surface area contributed by atoms with Gasteiger partial charge in [-0.3, -0.25) is 0 Å². The molecule has 22 heavy (non-hydrogen) atoms. The zero-order chi connectivity index (χ0) is 14.9. The van der Waals surface area contributed by atoms with E-state index in [2.05, 4.69) is 38.8 Å². The molecule has 0 amide bonds. The largest absolute Gasteiger partial charge is 0.377 e. The molecule has 114 valence electrons. The number of hydrogen-bond donors (Lipinski definition) is 1. The van der Waals surface area contributed by atoms with Gasteiger partial charge in [-0.15, -0.1) is 5.10 Å². The molecule has 1 aliphatic heterocycles. The van der Waals surface area contributed by atoms with Crippen LogP contribution >= 0.6 is 0 Å². The first-order valence-corrected chi connectivity index (χ1v) is 7.38. The van der Waals surface area contributed by atoms with E-state index in [4.69, 9.17) is 4.74 Å². The van der Waals surface area contributed by atoms with Gasteiger partial charge in [-0.2, -0.15) is 0 Å². The van der Waals surface area contributed by atoms with E-state index in [9.17, 15) is 0 Å². The quantitative estimate of drug-likeness (QED) is 0.775. The third-order valence-corrected chi connectivity index (χ3v) is 4.19. The van der Waals surface area contributed by atoms with Crippen molar-refractivity contribution in [3.05, 3.63) is 42.5 Å². The number of ether oxygens (including phenoxy) is 1. The molecule has 3 aromatic rings. The molecule has 0 bridgehead atoms. The summed E-state index contributed by atoms with van der Waals surface area (Å²) in [6, 6.07) is 6.81. The molecule has 0 spiro atoms. The first-order chi connectivity index (χ1) is 10.8. The van der Waals surface area contributed by atoms with Crippen LogP contribution in [-0.4, -0.2) is 43.8 Å². The van der Waals surface area contributed by atoms with Gasteiger partial charge >= 0.3 is 0 Å². The molecule has 1 aliphatic rings. The van der Waals surface area contributed by atoms with Gasteiger partial charge in [0.15, 0.2) is 0 Å². The third kappa shape index (κ3) is 2.38. The van der Waals surface area contributed by atoms with Gasteiger partial charge in [-0.25, -0.2) is 9.67 Å². The zero-order valence-corrected chi connectivity index (χ0v) is 12.4. The summed E-state index contributed by atoms with van der Waals surface area (Å²) in [5.41, 5.74) is 3.39. The topological polar surface area (TPSA) is 69.8 Å². The molecule has 2 atom stereocenters. The average molecular weight is 298 g/mol. The smallest absolute Gasteiger partial charge is 0.0955 e. The number of fused-ring (bicyclic) bond motifs is 1. The summed E-state index contributed by atoms with van der Waals surface area (Å²) < 4.78 is 9.48. The molecular formula is C15H18N6O. The highest BCUT2D eigenvalue weighted by atomic mass is 16.5. The minimum atomic E-state index is 0.195. The summed E-state index contributed by atoms with van der Waals surface area (Å²) in [5, 5.41) is 11.5. The van der Waals surface area contributed by atoms with Crippen molar-refractivity contribution in [2.75, 3.05) is 13.2 Å². The van der Waals surface area contributed by atoms with Crippen LogP contribution in [0.4, 0.5) is 0 Å². The van der Waals surface area contributed by atoms with Crippen LogP contribution in [0.5, 0.6) is 0 Å². The Kier molecular flexibility index (Phi) is 3.36. The second-order valence-electron chi connectivity index (χ2n) is 5.65. The summed E-state index contributed by atoms with van der Waals surface area (Å²) in [5.74, 6) is 0. The van der Waals surface area contributed by atoms with Crippen molar-refractivity contribution < 1.29 is 4.74 Å². The Balaban J connectivity index is 1.46.